The summed E-state index contributed by atoms with van der Waals surface area (Å²) in [5.41, 5.74) is 10.0. The molecule has 0 spiro atoms. The molecule has 0 saturated heterocycles. The second-order valence-electron chi connectivity index (χ2n) is 6.06. The minimum absolute atomic E-state index is 0.429. The molecular formula is C19H17N3OS. The Morgan fingerprint density at radius 1 is 1.08 bits per heavy atom. The molecule has 0 radical (unpaired) electrons. The van der Waals surface area contributed by atoms with E-state index >= 15 is 0 Å². The predicted octanol–water partition coefficient (Wildman–Crippen LogP) is 4.43. The number of nitrogen functional groups attached to an aromatic ring is 1. The standard InChI is InChI=1S/C19H17N3OS/c1-19(14-5-3-2-4-6-14)11-16(22-23-19)17-12-24-18(21-17)13-7-9-15(20)10-8-13/h2-10,12H,11,20H2,1H3. The Bertz CT molecular complexity index is 886. The van der Waals surface area contributed by atoms with Crippen molar-refractivity contribution in [1.29, 1.82) is 0 Å². The predicted molar refractivity (Wildman–Crippen MR) is 98.0 cm³/mol. The maximum atomic E-state index is 5.76. The molecule has 24 heavy (non-hydrogen) atoms. The van der Waals surface area contributed by atoms with Crippen LogP contribution in [0.15, 0.2) is 65.1 Å². The molecule has 2 heterocycles. The van der Waals surface area contributed by atoms with Crippen LogP contribution < -0.4 is 5.73 Å². The van der Waals surface area contributed by atoms with Crippen molar-refractivity contribution in [2.24, 2.45) is 5.16 Å². The van der Waals surface area contributed by atoms with Crippen LogP contribution in [0.5, 0.6) is 0 Å². The van der Waals surface area contributed by atoms with Gasteiger partial charge in [-0.3, -0.25) is 0 Å². The van der Waals surface area contributed by atoms with Gasteiger partial charge in [0.2, 0.25) is 0 Å². The quantitative estimate of drug-likeness (QED) is 0.720. The van der Waals surface area contributed by atoms with E-state index in [0.717, 1.165) is 33.2 Å². The second-order valence-corrected chi connectivity index (χ2v) is 6.92. The zero-order chi connectivity index (χ0) is 16.6. The van der Waals surface area contributed by atoms with Crippen LogP contribution in [0, 0.1) is 0 Å². The fraction of sp³-hybridized carbons (Fsp3) is 0.158. The Labute approximate surface area is 144 Å². The van der Waals surface area contributed by atoms with E-state index in [1.165, 1.54) is 0 Å². The molecule has 3 aromatic rings. The average Bonchev–Trinajstić information content (AvgIpc) is 3.24. The highest BCUT2D eigenvalue weighted by atomic mass is 32.1. The summed E-state index contributed by atoms with van der Waals surface area (Å²) in [7, 11) is 0. The first-order valence-electron chi connectivity index (χ1n) is 7.76. The number of nitrogens with two attached hydrogens (primary N) is 1. The van der Waals surface area contributed by atoms with Gasteiger partial charge in [-0.1, -0.05) is 35.5 Å². The topological polar surface area (TPSA) is 60.5 Å². The van der Waals surface area contributed by atoms with Gasteiger partial charge in [0.15, 0.2) is 5.60 Å². The second kappa shape index (κ2) is 5.76. The van der Waals surface area contributed by atoms with E-state index < -0.39 is 5.60 Å². The normalized spacial score (nSPS) is 19.8. The molecule has 120 valence electrons. The highest BCUT2D eigenvalue weighted by molar-refractivity contribution is 7.13. The van der Waals surface area contributed by atoms with Gasteiger partial charge >= 0.3 is 0 Å². The van der Waals surface area contributed by atoms with E-state index in [9.17, 15) is 0 Å². The fourth-order valence-electron chi connectivity index (χ4n) is 2.79. The van der Waals surface area contributed by atoms with Crippen molar-refractivity contribution in [3.05, 3.63) is 71.2 Å². The number of benzene rings is 2. The molecule has 0 amide bonds. The van der Waals surface area contributed by atoms with Crippen LogP contribution in [0.25, 0.3) is 10.6 Å². The minimum Gasteiger partial charge on any atom is -0.399 e. The van der Waals surface area contributed by atoms with Crippen LogP contribution in [-0.2, 0) is 10.4 Å². The van der Waals surface area contributed by atoms with Gasteiger partial charge in [0.1, 0.15) is 10.7 Å². The van der Waals surface area contributed by atoms with E-state index in [1.807, 2.05) is 47.8 Å². The van der Waals surface area contributed by atoms with Gasteiger partial charge in [0.05, 0.1) is 5.69 Å². The number of thiazole rings is 1. The first-order chi connectivity index (χ1) is 11.6. The van der Waals surface area contributed by atoms with Crippen LogP contribution in [0.2, 0.25) is 0 Å². The molecule has 1 aliphatic rings. The van der Waals surface area contributed by atoms with Crippen molar-refractivity contribution in [3.8, 4) is 10.6 Å². The van der Waals surface area contributed by atoms with Crippen LogP contribution >= 0.6 is 11.3 Å². The minimum atomic E-state index is -0.429. The van der Waals surface area contributed by atoms with Gasteiger partial charge in [-0.25, -0.2) is 4.98 Å². The number of anilines is 1. The van der Waals surface area contributed by atoms with E-state index in [4.69, 9.17) is 15.6 Å². The molecule has 1 aliphatic heterocycles. The Morgan fingerprint density at radius 3 is 2.58 bits per heavy atom. The fourth-order valence-corrected chi connectivity index (χ4v) is 3.62. The van der Waals surface area contributed by atoms with Crippen molar-refractivity contribution >= 4 is 22.7 Å². The SMILES string of the molecule is CC1(c2ccccc2)CC(c2csc(-c3ccc(N)cc3)n2)=NO1. The van der Waals surface area contributed by atoms with E-state index in [1.54, 1.807) is 11.3 Å². The number of hydrogen-bond donors (Lipinski definition) is 1. The third-order valence-electron chi connectivity index (χ3n) is 4.20. The Morgan fingerprint density at radius 2 is 1.83 bits per heavy atom. The van der Waals surface area contributed by atoms with Crippen molar-refractivity contribution < 1.29 is 4.84 Å². The molecule has 5 heteroatoms. The summed E-state index contributed by atoms with van der Waals surface area (Å²) < 4.78 is 0. The Hall–Kier alpha value is -2.66. The summed E-state index contributed by atoms with van der Waals surface area (Å²) >= 11 is 1.60. The molecule has 1 atom stereocenters. The molecule has 0 saturated carbocycles. The number of rotatable bonds is 3. The van der Waals surface area contributed by atoms with Crippen molar-refractivity contribution in [2.45, 2.75) is 18.9 Å². The molecule has 0 aliphatic carbocycles. The largest absolute Gasteiger partial charge is 0.399 e. The van der Waals surface area contributed by atoms with Gasteiger partial charge < -0.3 is 10.6 Å². The summed E-state index contributed by atoms with van der Waals surface area (Å²) in [6.45, 7) is 2.06. The van der Waals surface area contributed by atoms with Gasteiger partial charge in [0, 0.05) is 23.1 Å². The third-order valence-corrected chi connectivity index (χ3v) is 5.10. The number of oxime groups is 1. The molecule has 1 unspecified atom stereocenters. The lowest BCUT2D eigenvalue weighted by Gasteiger charge is -2.21. The molecule has 4 rings (SSSR count). The van der Waals surface area contributed by atoms with E-state index in [2.05, 4.69) is 24.2 Å². The monoisotopic (exact) mass is 335 g/mol. The summed E-state index contributed by atoms with van der Waals surface area (Å²) in [6, 6.07) is 17.9. The lowest BCUT2D eigenvalue weighted by Crippen LogP contribution is -2.21. The van der Waals surface area contributed by atoms with E-state index in [0.29, 0.717) is 6.42 Å². The van der Waals surface area contributed by atoms with Crippen molar-refractivity contribution in [3.63, 3.8) is 0 Å². The first-order valence-corrected chi connectivity index (χ1v) is 8.64. The molecule has 2 N–H and O–H groups in total. The lowest BCUT2D eigenvalue weighted by atomic mass is 9.90. The highest BCUT2D eigenvalue weighted by Crippen LogP contribution is 2.36. The lowest BCUT2D eigenvalue weighted by molar-refractivity contribution is -0.00738. The van der Waals surface area contributed by atoms with Crippen molar-refractivity contribution in [2.75, 3.05) is 5.73 Å². The van der Waals surface area contributed by atoms with E-state index in [-0.39, 0.29) is 0 Å². The third kappa shape index (κ3) is 2.67. The van der Waals surface area contributed by atoms with Crippen molar-refractivity contribution in [1.82, 2.24) is 4.98 Å². The summed E-state index contributed by atoms with van der Waals surface area (Å²) in [5.74, 6) is 0. The van der Waals surface area contributed by atoms with Crippen LogP contribution in [0.4, 0.5) is 5.69 Å². The average molecular weight is 335 g/mol. The molecular weight excluding hydrogens is 318 g/mol. The summed E-state index contributed by atoms with van der Waals surface area (Å²) in [5, 5.41) is 7.29. The zero-order valence-electron chi connectivity index (χ0n) is 13.3. The van der Waals surface area contributed by atoms with Crippen LogP contribution in [0.1, 0.15) is 24.6 Å². The number of nitrogens with zero attached hydrogens (tertiary/aromatic N) is 2. The maximum absolute atomic E-state index is 5.76. The number of hydrogen-bond acceptors (Lipinski definition) is 5. The first kappa shape index (κ1) is 14.9. The van der Waals surface area contributed by atoms with Gasteiger partial charge in [0.25, 0.3) is 0 Å². The number of aromatic nitrogens is 1. The van der Waals surface area contributed by atoms with Crippen LogP contribution in [0.3, 0.4) is 0 Å². The maximum Gasteiger partial charge on any atom is 0.165 e. The van der Waals surface area contributed by atoms with Gasteiger partial charge in [-0.2, -0.15) is 0 Å². The molecule has 1 aromatic heterocycles. The molecule has 4 nitrogen and oxygen atoms in total. The highest BCUT2D eigenvalue weighted by Gasteiger charge is 2.37. The Kier molecular flexibility index (Phi) is 3.58. The zero-order valence-corrected chi connectivity index (χ0v) is 14.1. The smallest absolute Gasteiger partial charge is 0.165 e. The van der Waals surface area contributed by atoms with Gasteiger partial charge in [-0.15, -0.1) is 11.3 Å². The molecule has 0 bridgehead atoms. The van der Waals surface area contributed by atoms with Gasteiger partial charge in [-0.05, 0) is 36.8 Å². The summed E-state index contributed by atoms with van der Waals surface area (Å²) in [4.78, 5) is 10.5. The Balaban J connectivity index is 1.57. The molecule has 2 aromatic carbocycles. The summed E-state index contributed by atoms with van der Waals surface area (Å²) in [6.07, 6.45) is 0.710. The van der Waals surface area contributed by atoms with Crippen LogP contribution in [-0.4, -0.2) is 10.7 Å². The molecule has 0 fully saturated rings.